The fourth-order valence-corrected chi connectivity index (χ4v) is 3.26. The van der Waals surface area contributed by atoms with Gasteiger partial charge in [0.25, 0.3) is 5.69 Å². The molecular formula is C25H22ClFN6O3. The molecule has 0 aliphatic heterocycles. The number of benzene rings is 3. The Morgan fingerprint density at radius 2 is 1.69 bits per heavy atom. The summed E-state index contributed by atoms with van der Waals surface area (Å²) in [6.07, 6.45) is 0. The zero-order valence-electron chi connectivity index (χ0n) is 19.1. The van der Waals surface area contributed by atoms with Crippen LogP contribution in [0.4, 0.5) is 16.0 Å². The summed E-state index contributed by atoms with van der Waals surface area (Å²) in [4.78, 5) is 24.1. The second kappa shape index (κ2) is 11.7. The first kappa shape index (κ1) is 26.0. The molecule has 4 aromatic rings. The number of methoxy groups -OCH3 is 1. The maximum absolute atomic E-state index is 13.1. The molecule has 3 N–H and O–H groups in total. The van der Waals surface area contributed by atoms with Crippen LogP contribution in [0, 0.1) is 15.9 Å². The first-order valence-electron chi connectivity index (χ1n) is 10.5. The molecule has 1 heterocycles. The van der Waals surface area contributed by atoms with Crippen LogP contribution in [0.3, 0.4) is 0 Å². The number of rotatable bonds is 7. The fraction of sp³-hybridized carbons (Fsp3) is 0.0800. The molecule has 0 saturated heterocycles. The number of non-ortho nitro benzene ring substituents is 1. The van der Waals surface area contributed by atoms with Gasteiger partial charge in [-0.05, 0) is 48.0 Å². The smallest absolute Gasteiger partial charge is 0.270 e. The summed E-state index contributed by atoms with van der Waals surface area (Å²) < 4.78 is 18.3. The molecule has 9 nitrogen and oxygen atoms in total. The van der Waals surface area contributed by atoms with Gasteiger partial charge in [-0.3, -0.25) is 15.4 Å². The Balaban J connectivity index is 0.00000361. The Labute approximate surface area is 212 Å². The predicted molar refractivity (Wildman–Crippen MR) is 139 cm³/mol. The number of nitro groups is 1. The molecule has 0 unspecified atom stereocenters. The van der Waals surface area contributed by atoms with Crippen LogP contribution in [-0.4, -0.2) is 28.0 Å². The molecule has 0 fully saturated rings. The summed E-state index contributed by atoms with van der Waals surface area (Å²) >= 11 is 0. The van der Waals surface area contributed by atoms with E-state index >= 15 is 0 Å². The summed E-state index contributed by atoms with van der Waals surface area (Å²) in [5, 5.41) is 14.1. The average molecular weight is 509 g/mol. The number of anilines is 1. The minimum Gasteiger partial charge on any atom is -0.497 e. The fourth-order valence-electron chi connectivity index (χ4n) is 3.26. The molecule has 0 saturated carbocycles. The van der Waals surface area contributed by atoms with Gasteiger partial charge in [-0.2, -0.15) is 0 Å². The lowest BCUT2D eigenvalue weighted by Gasteiger charge is -2.11. The third-order valence-electron chi connectivity index (χ3n) is 5.05. The van der Waals surface area contributed by atoms with E-state index in [-0.39, 0.29) is 42.4 Å². The minimum absolute atomic E-state index is 0. The molecule has 0 amide bonds. The Hall–Kier alpha value is -4.57. The van der Waals surface area contributed by atoms with E-state index in [1.165, 1.54) is 24.3 Å². The first-order chi connectivity index (χ1) is 16.9. The highest BCUT2D eigenvalue weighted by molar-refractivity contribution is 5.91. The number of hydrogen-bond donors (Lipinski definition) is 2. The SMILES string of the molecule is COc1ccc(-c2cc(-c3cccc([N+](=O)[O-])c3)nc(NC(N)=NCc3ccc(F)cc3)n2)cc1.Cl. The van der Waals surface area contributed by atoms with Crippen molar-refractivity contribution in [1.82, 2.24) is 9.97 Å². The van der Waals surface area contributed by atoms with Gasteiger partial charge in [0.15, 0.2) is 5.96 Å². The highest BCUT2D eigenvalue weighted by Gasteiger charge is 2.13. The zero-order chi connectivity index (χ0) is 24.8. The van der Waals surface area contributed by atoms with Crippen LogP contribution in [-0.2, 0) is 6.54 Å². The largest absolute Gasteiger partial charge is 0.497 e. The number of nitrogens with zero attached hydrogens (tertiary/aromatic N) is 4. The Kier molecular flexibility index (Phi) is 8.48. The van der Waals surface area contributed by atoms with Crippen molar-refractivity contribution in [2.24, 2.45) is 10.7 Å². The van der Waals surface area contributed by atoms with E-state index in [0.717, 1.165) is 11.1 Å². The van der Waals surface area contributed by atoms with Gasteiger partial charge in [-0.15, -0.1) is 12.4 Å². The van der Waals surface area contributed by atoms with E-state index in [1.807, 2.05) is 12.1 Å². The molecule has 11 heteroatoms. The molecule has 0 atom stereocenters. The number of hydrogen-bond acceptors (Lipinski definition) is 6. The van der Waals surface area contributed by atoms with E-state index in [0.29, 0.717) is 22.7 Å². The van der Waals surface area contributed by atoms with E-state index in [4.69, 9.17) is 10.5 Å². The first-order valence-corrected chi connectivity index (χ1v) is 10.5. The van der Waals surface area contributed by atoms with Gasteiger partial charge in [-0.25, -0.2) is 19.4 Å². The number of nitrogens with two attached hydrogens (primary N) is 1. The quantitative estimate of drug-likeness (QED) is 0.152. The van der Waals surface area contributed by atoms with Gasteiger partial charge < -0.3 is 10.5 Å². The molecule has 3 aromatic carbocycles. The molecule has 0 aliphatic rings. The summed E-state index contributed by atoms with van der Waals surface area (Å²) in [5.74, 6) is 0.588. The molecule has 36 heavy (non-hydrogen) atoms. The topological polar surface area (TPSA) is 129 Å². The van der Waals surface area contributed by atoms with E-state index in [9.17, 15) is 14.5 Å². The van der Waals surface area contributed by atoms with Crippen molar-refractivity contribution < 1.29 is 14.1 Å². The third-order valence-corrected chi connectivity index (χ3v) is 5.05. The summed E-state index contributed by atoms with van der Waals surface area (Å²) in [5.41, 5.74) is 9.12. The van der Waals surface area contributed by atoms with Gasteiger partial charge >= 0.3 is 0 Å². The lowest BCUT2D eigenvalue weighted by molar-refractivity contribution is -0.384. The lowest BCUT2D eigenvalue weighted by Crippen LogP contribution is -2.24. The van der Waals surface area contributed by atoms with Crippen molar-refractivity contribution >= 4 is 30.0 Å². The van der Waals surface area contributed by atoms with Gasteiger partial charge in [0, 0.05) is 23.3 Å². The molecule has 4 rings (SSSR count). The zero-order valence-corrected chi connectivity index (χ0v) is 19.9. The molecule has 0 radical (unpaired) electrons. The highest BCUT2D eigenvalue weighted by atomic mass is 35.5. The number of nitrogens with one attached hydrogen (secondary N) is 1. The van der Waals surface area contributed by atoms with Crippen molar-refractivity contribution in [2.45, 2.75) is 6.54 Å². The second-order valence-electron chi connectivity index (χ2n) is 7.45. The van der Waals surface area contributed by atoms with Crippen molar-refractivity contribution in [1.29, 1.82) is 0 Å². The van der Waals surface area contributed by atoms with Crippen LogP contribution in [0.2, 0.25) is 0 Å². The number of nitro benzene ring substituents is 1. The van der Waals surface area contributed by atoms with Crippen molar-refractivity contribution in [3.63, 3.8) is 0 Å². The predicted octanol–water partition coefficient (Wildman–Crippen LogP) is 5.22. The normalized spacial score (nSPS) is 10.9. The van der Waals surface area contributed by atoms with Crippen molar-refractivity contribution in [3.05, 3.63) is 100 Å². The molecule has 0 spiro atoms. The monoisotopic (exact) mass is 508 g/mol. The van der Waals surface area contributed by atoms with Gasteiger partial charge in [0.2, 0.25) is 5.95 Å². The molecular weight excluding hydrogens is 487 g/mol. The highest BCUT2D eigenvalue weighted by Crippen LogP contribution is 2.28. The molecule has 1 aromatic heterocycles. The van der Waals surface area contributed by atoms with E-state index < -0.39 is 4.92 Å². The molecule has 184 valence electrons. The van der Waals surface area contributed by atoms with Gasteiger partial charge in [0.05, 0.1) is 30.0 Å². The third kappa shape index (κ3) is 6.51. The standard InChI is InChI=1S/C25H21FN6O3.ClH/c1-35-21-11-7-17(8-12-21)22-14-23(18-3-2-4-20(13-18)32(33)34)30-25(29-22)31-24(27)28-15-16-5-9-19(26)10-6-16;/h2-14H,15H2,1H3,(H3,27,28,29,30,31);1H. The average Bonchev–Trinajstić information content (AvgIpc) is 2.88. The van der Waals surface area contributed by atoms with Crippen molar-refractivity contribution in [2.75, 3.05) is 12.4 Å². The number of guanidine groups is 1. The van der Waals surface area contributed by atoms with Crippen LogP contribution in [0.5, 0.6) is 5.75 Å². The van der Waals surface area contributed by atoms with Crippen LogP contribution >= 0.6 is 12.4 Å². The minimum atomic E-state index is -0.464. The van der Waals surface area contributed by atoms with E-state index in [1.54, 1.807) is 49.6 Å². The van der Waals surface area contributed by atoms with Crippen LogP contribution in [0.1, 0.15) is 5.56 Å². The van der Waals surface area contributed by atoms with Gasteiger partial charge in [0.1, 0.15) is 11.6 Å². The van der Waals surface area contributed by atoms with Crippen molar-refractivity contribution in [3.8, 4) is 28.3 Å². The number of halogens is 2. The number of ether oxygens (including phenoxy) is 1. The van der Waals surface area contributed by atoms with E-state index in [2.05, 4.69) is 20.3 Å². The number of aliphatic imine (C=N–C) groups is 1. The molecule has 0 aliphatic carbocycles. The lowest BCUT2D eigenvalue weighted by atomic mass is 10.1. The Bertz CT molecular complexity index is 1380. The number of aromatic nitrogens is 2. The second-order valence-corrected chi connectivity index (χ2v) is 7.45. The van der Waals surface area contributed by atoms with Crippen LogP contribution in [0.15, 0.2) is 83.9 Å². The Morgan fingerprint density at radius 3 is 2.33 bits per heavy atom. The maximum Gasteiger partial charge on any atom is 0.270 e. The molecule has 0 bridgehead atoms. The summed E-state index contributed by atoms with van der Waals surface area (Å²) in [6.45, 7) is 0.231. The Morgan fingerprint density at radius 1 is 1.03 bits per heavy atom. The summed E-state index contributed by atoms with van der Waals surface area (Å²) in [7, 11) is 1.58. The van der Waals surface area contributed by atoms with Gasteiger partial charge in [-0.1, -0.05) is 24.3 Å². The summed E-state index contributed by atoms with van der Waals surface area (Å²) in [6, 6.07) is 21.1. The maximum atomic E-state index is 13.1. The van der Waals surface area contributed by atoms with Crippen LogP contribution < -0.4 is 15.8 Å². The van der Waals surface area contributed by atoms with Crippen LogP contribution in [0.25, 0.3) is 22.5 Å².